The summed E-state index contributed by atoms with van der Waals surface area (Å²) < 4.78 is 64.7. The van der Waals surface area contributed by atoms with Gasteiger partial charge in [-0.3, -0.25) is 12.5 Å². The van der Waals surface area contributed by atoms with Crippen LogP contribution in [0, 0.1) is 0 Å². The molecule has 0 aromatic heterocycles. The normalized spacial score (nSPS) is 37.5. The minimum absolute atomic E-state index is 0.0259. The lowest BCUT2D eigenvalue weighted by Crippen LogP contribution is -2.60. The molecule has 28 heavy (non-hydrogen) atoms. The topological polar surface area (TPSA) is 154 Å². The molecule has 3 heterocycles. The van der Waals surface area contributed by atoms with Crippen LogP contribution in [0.4, 0.5) is 4.79 Å². The second kappa shape index (κ2) is 7.21. The summed E-state index contributed by atoms with van der Waals surface area (Å²) in [5, 5.41) is 4.91. The van der Waals surface area contributed by atoms with Crippen molar-refractivity contribution in [1.29, 1.82) is 0 Å². The number of hydrogen-bond acceptors (Lipinski definition) is 10. The summed E-state index contributed by atoms with van der Waals surface area (Å²) in [6.07, 6.45) is -3.09. The third-order valence-electron chi connectivity index (χ3n) is 3.79. The van der Waals surface area contributed by atoms with E-state index in [4.69, 9.17) is 32.5 Å². The highest BCUT2D eigenvalue weighted by atomic mass is 32.2. The lowest BCUT2D eigenvalue weighted by Gasteiger charge is -2.39. The zero-order valence-corrected chi connectivity index (χ0v) is 17.7. The van der Waals surface area contributed by atoms with Crippen molar-refractivity contribution >= 4 is 27.7 Å². The molecule has 0 radical (unpaired) electrons. The Morgan fingerprint density at radius 2 is 2.00 bits per heavy atom. The third-order valence-corrected chi connectivity index (χ3v) is 5.33. The Bertz CT molecular complexity index is 777. The first-order chi connectivity index (χ1) is 12.7. The number of fused-ring (bicyclic) bond motifs is 3. The van der Waals surface area contributed by atoms with Crippen LogP contribution in [-0.4, -0.2) is 63.2 Å². The first kappa shape index (κ1) is 22.0. The van der Waals surface area contributed by atoms with E-state index in [0.717, 1.165) is 0 Å². The summed E-state index contributed by atoms with van der Waals surface area (Å²) in [6, 6.07) is 0. The number of carbonyl (C=O) groups is 1. The van der Waals surface area contributed by atoms with Crippen molar-refractivity contribution in [2.75, 3.05) is 13.2 Å². The van der Waals surface area contributed by atoms with Crippen LogP contribution in [0.25, 0.3) is 0 Å². The highest BCUT2D eigenvalue weighted by Crippen LogP contribution is 2.46. The molecule has 0 spiro atoms. The van der Waals surface area contributed by atoms with Crippen molar-refractivity contribution in [2.45, 2.75) is 70.1 Å². The average Bonchev–Trinajstić information content (AvgIpc) is 2.99. The maximum absolute atomic E-state index is 11.9. The lowest BCUT2D eigenvalue weighted by molar-refractivity contribution is -0.290. The van der Waals surface area contributed by atoms with Gasteiger partial charge in [-0.25, -0.2) is 9.93 Å². The van der Waals surface area contributed by atoms with Gasteiger partial charge in [0.25, 0.3) is 0 Å². The van der Waals surface area contributed by atoms with Gasteiger partial charge in [-0.15, -0.1) is 0 Å². The van der Waals surface area contributed by atoms with Gasteiger partial charge in [0.1, 0.15) is 30.5 Å². The van der Waals surface area contributed by atoms with Crippen molar-refractivity contribution in [3.8, 4) is 0 Å². The second-order valence-corrected chi connectivity index (χ2v) is 10.1. The quantitative estimate of drug-likeness (QED) is 0.648. The first-order valence-electron chi connectivity index (χ1n) is 8.41. The molecule has 3 saturated heterocycles. The first-order valence-corrected chi connectivity index (χ1v) is 10.9. The van der Waals surface area contributed by atoms with Crippen LogP contribution in [0.2, 0.25) is 0 Å². The van der Waals surface area contributed by atoms with E-state index in [1.807, 2.05) is 0 Å². The second-order valence-electron chi connectivity index (χ2n) is 7.90. The van der Waals surface area contributed by atoms with E-state index in [0.29, 0.717) is 0 Å². The number of nitrogens with two attached hydrogens (primary N) is 1. The molecule has 3 rings (SSSR count). The molecule has 1 amide bonds. The monoisotopic (exact) mass is 444 g/mol. The van der Waals surface area contributed by atoms with Crippen LogP contribution in [0.5, 0.6) is 0 Å². The zero-order chi connectivity index (χ0) is 21.0. The molecule has 2 N–H and O–H groups in total. The molecule has 0 aliphatic carbocycles. The summed E-state index contributed by atoms with van der Waals surface area (Å²) in [7, 11) is -4.24. The van der Waals surface area contributed by atoms with Crippen molar-refractivity contribution in [3.05, 3.63) is 0 Å². The molecular weight excluding hydrogens is 420 g/mol. The number of amides is 1. The predicted octanol–water partition coefficient (Wildman–Crippen LogP) is 0.436. The Balaban J connectivity index is 1.78. The number of ether oxygens (including phenoxy) is 4. The van der Waals surface area contributed by atoms with E-state index in [1.165, 1.54) is 0 Å². The van der Waals surface area contributed by atoms with Gasteiger partial charge in [0, 0.05) is 0 Å². The maximum Gasteiger partial charge on any atom is 0.444 e. The van der Waals surface area contributed by atoms with Crippen LogP contribution >= 0.6 is 0 Å². The van der Waals surface area contributed by atoms with Crippen LogP contribution in [0.1, 0.15) is 34.6 Å². The Labute approximate surface area is 165 Å². The van der Waals surface area contributed by atoms with Crippen molar-refractivity contribution in [3.63, 3.8) is 0 Å². The third kappa shape index (κ3) is 5.06. The van der Waals surface area contributed by atoms with E-state index in [2.05, 4.69) is 8.55 Å². The summed E-state index contributed by atoms with van der Waals surface area (Å²) in [5.41, 5.74) is -0.716. The standard InChI is InChI=1S/C14H24N2O10S2/c1-12(2,3)23-11(17)16-27-24-8-6-20-14(7-21-28(15,18)19)10(9(8)25-27)22-13(4,5)26-14/h8-10H,6-7H2,1-5H3,(H2,15,18,19)/t8-,9-,10+,14+,27+/m1/s1. The van der Waals surface area contributed by atoms with E-state index < -0.39 is 69.7 Å². The molecule has 0 aromatic rings. The molecule has 5 atom stereocenters. The summed E-state index contributed by atoms with van der Waals surface area (Å²) in [6.45, 7) is 7.81. The van der Waals surface area contributed by atoms with Gasteiger partial charge < -0.3 is 18.9 Å². The Morgan fingerprint density at radius 1 is 1.32 bits per heavy atom. The van der Waals surface area contributed by atoms with E-state index in [1.54, 1.807) is 34.6 Å². The minimum Gasteiger partial charge on any atom is -0.442 e. The molecular formula is C14H24N2O10S2. The number of rotatable bonds is 3. The molecule has 3 fully saturated rings. The Morgan fingerprint density at radius 3 is 2.61 bits per heavy atom. The molecule has 162 valence electrons. The Hall–Kier alpha value is -0.710. The fraction of sp³-hybridized carbons (Fsp3) is 0.929. The molecule has 3 aliphatic rings. The van der Waals surface area contributed by atoms with E-state index in [9.17, 15) is 13.2 Å². The van der Waals surface area contributed by atoms with E-state index >= 15 is 0 Å². The maximum atomic E-state index is 11.9. The van der Waals surface area contributed by atoms with Gasteiger partial charge in [-0.05, 0) is 34.6 Å². The van der Waals surface area contributed by atoms with Crippen molar-refractivity contribution in [2.24, 2.45) is 9.50 Å². The smallest absolute Gasteiger partial charge is 0.442 e. The highest BCUT2D eigenvalue weighted by Gasteiger charge is 2.65. The van der Waals surface area contributed by atoms with Crippen LogP contribution in [0.15, 0.2) is 4.36 Å². The zero-order valence-electron chi connectivity index (χ0n) is 16.1. The average molecular weight is 444 g/mol. The molecule has 0 bridgehead atoms. The highest BCUT2D eigenvalue weighted by molar-refractivity contribution is 7.84. The van der Waals surface area contributed by atoms with Crippen molar-refractivity contribution < 1.29 is 44.7 Å². The number of hydrogen-bond donors (Lipinski definition) is 1. The summed E-state index contributed by atoms with van der Waals surface area (Å²) in [4.78, 5) is 11.9. The number of nitrogens with zero attached hydrogens (tertiary/aromatic N) is 1. The van der Waals surface area contributed by atoms with Crippen LogP contribution in [-0.2, 0) is 53.1 Å². The summed E-state index contributed by atoms with van der Waals surface area (Å²) in [5.74, 6) is -2.69. The van der Waals surface area contributed by atoms with Gasteiger partial charge in [0.2, 0.25) is 5.79 Å². The molecule has 12 nitrogen and oxygen atoms in total. The van der Waals surface area contributed by atoms with Gasteiger partial charge >= 0.3 is 16.4 Å². The van der Waals surface area contributed by atoms with Crippen LogP contribution in [0.3, 0.4) is 0 Å². The lowest BCUT2D eigenvalue weighted by atomic mass is 9.98. The fourth-order valence-electron chi connectivity index (χ4n) is 2.96. The van der Waals surface area contributed by atoms with Gasteiger partial charge in [0.05, 0.1) is 6.61 Å². The molecule has 0 unspecified atom stereocenters. The molecule has 14 heteroatoms. The van der Waals surface area contributed by atoms with Gasteiger partial charge in [-0.2, -0.15) is 8.42 Å². The minimum atomic E-state index is -4.24. The summed E-state index contributed by atoms with van der Waals surface area (Å²) >= 11 is -1.53. The molecule has 0 saturated carbocycles. The SMILES string of the molecule is CC(C)(C)OC(=O)/N=[S@@]1/O[C@@H]2[C@@H](CO[C@@]3(COS(N)(=O)=O)OC(C)(C)O[C@@H]23)O1. The number of carbonyl (C=O) groups excluding carboxylic acids is 1. The fourth-order valence-corrected chi connectivity index (χ4v) is 4.37. The molecule has 3 aliphatic heterocycles. The van der Waals surface area contributed by atoms with Crippen LogP contribution < -0.4 is 5.14 Å². The van der Waals surface area contributed by atoms with E-state index in [-0.39, 0.29) is 6.61 Å². The largest absolute Gasteiger partial charge is 0.444 e. The predicted molar refractivity (Wildman–Crippen MR) is 93.6 cm³/mol. The van der Waals surface area contributed by atoms with Crippen molar-refractivity contribution in [1.82, 2.24) is 0 Å². The van der Waals surface area contributed by atoms with Gasteiger partial charge in [0.15, 0.2) is 17.0 Å². The van der Waals surface area contributed by atoms with Gasteiger partial charge in [-0.1, -0.05) is 4.36 Å². The molecule has 0 aromatic carbocycles. The Kier molecular flexibility index (Phi) is 5.66.